The number of carbonyl (C=O) groups is 2. The van der Waals surface area contributed by atoms with Crippen LogP contribution in [0.5, 0.6) is 0 Å². The molecule has 9 heteroatoms. The van der Waals surface area contributed by atoms with Crippen molar-refractivity contribution in [3.8, 4) is 0 Å². The quantitative estimate of drug-likeness (QED) is 0.141. The van der Waals surface area contributed by atoms with Gasteiger partial charge in [-0.1, -0.05) is 32.8 Å². The van der Waals surface area contributed by atoms with E-state index in [0.29, 0.717) is 18.7 Å². The number of aromatic nitrogens is 1. The predicted molar refractivity (Wildman–Crippen MR) is 137 cm³/mol. The van der Waals surface area contributed by atoms with Crippen LogP contribution in [0.25, 0.3) is 5.76 Å². The maximum atomic E-state index is 13.1. The van der Waals surface area contributed by atoms with Gasteiger partial charge in [-0.15, -0.1) is 0 Å². The zero-order valence-electron chi connectivity index (χ0n) is 20.9. The molecule has 1 aromatic heterocycles. The van der Waals surface area contributed by atoms with Crippen LogP contribution in [-0.4, -0.2) is 62.7 Å². The number of rotatable bonds is 13. The zero-order chi connectivity index (χ0) is 26.1. The van der Waals surface area contributed by atoms with Crippen molar-refractivity contribution in [2.75, 3.05) is 26.2 Å². The number of hydrogen-bond acceptors (Lipinski definition) is 7. The first-order chi connectivity index (χ1) is 17.4. The minimum absolute atomic E-state index is 0.0543. The number of pyridine rings is 1. The van der Waals surface area contributed by atoms with Crippen LogP contribution in [0.15, 0.2) is 54.2 Å². The van der Waals surface area contributed by atoms with Crippen molar-refractivity contribution in [3.05, 3.63) is 75.6 Å². The normalized spacial score (nSPS) is 17.2. The van der Waals surface area contributed by atoms with Gasteiger partial charge in [0.1, 0.15) is 11.8 Å². The number of unbranched alkanes of at least 4 members (excludes halogenated alkanes) is 2. The van der Waals surface area contributed by atoms with Crippen molar-refractivity contribution in [2.45, 2.75) is 52.0 Å². The van der Waals surface area contributed by atoms with E-state index in [2.05, 4.69) is 23.7 Å². The van der Waals surface area contributed by atoms with E-state index in [1.807, 2.05) is 0 Å². The summed E-state index contributed by atoms with van der Waals surface area (Å²) in [6.45, 7) is 7.47. The Hall–Kier alpha value is -3.59. The summed E-state index contributed by atoms with van der Waals surface area (Å²) in [5.41, 5.74) is 0.518. The van der Waals surface area contributed by atoms with Crippen LogP contribution >= 0.6 is 0 Å². The summed E-state index contributed by atoms with van der Waals surface area (Å²) in [6.07, 6.45) is 6.70. The summed E-state index contributed by atoms with van der Waals surface area (Å²) in [6, 6.07) is 9.65. The first kappa shape index (κ1) is 27.0. The lowest BCUT2D eigenvalue weighted by molar-refractivity contribution is -0.384. The van der Waals surface area contributed by atoms with Gasteiger partial charge in [-0.3, -0.25) is 24.7 Å². The molecule has 1 aromatic carbocycles. The molecule has 2 heterocycles. The molecule has 1 saturated heterocycles. The van der Waals surface area contributed by atoms with Gasteiger partial charge in [0.05, 0.1) is 16.2 Å². The fourth-order valence-corrected chi connectivity index (χ4v) is 4.42. The van der Waals surface area contributed by atoms with E-state index in [1.165, 1.54) is 29.2 Å². The van der Waals surface area contributed by atoms with Gasteiger partial charge in [0.2, 0.25) is 0 Å². The summed E-state index contributed by atoms with van der Waals surface area (Å²) < 4.78 is 0. The Morgan fingerprint density at radius 2 is 1.67 bits per heavy atom. The topological polar surface area (TPSA) is 117 Å². The lowest BCUT2D eigenvalue weighted by Crippen LogP contribution is -2.34. The monoisotopic (exact) mass is 494 g/mol. The van der Waals surface area contributed by atoms with Crippen LogP contribution in [0.3, 0.4) is 0 Å². The summed E-state index contributed by atoms with van der Waals surface area (Å²) >= 11 is 0. The molecule has 1 N–H and O–H groups in total. The maximum Gasteiger partial charge on any atom is 0.295 e. The van der Waals surface area contributed by atoms with Crippen LogP contribution in [0.4, 0.5) is 5.69 Å². The third kappa shape index (κ3) is 6.34. The number of carbonyl (C=O) groups excluding carboxylic acids is 2. The Balaban J connectivity index is 1.89. The molecule has 1 fully saturated rings. The number of aliphatic hydroxyl groups is 1. The molecular formula is C27H34N4O5. The molecule has 1 aliphatic heterocycles. The molecule has 0 radical (unpaired) electrons. The number of Topliss-reactive ketones (excluding diaryl/α,β-unsaturated/α-hetero) is 1. The molecule has 0 aliphatic carbocycles. The molecule has 0 bridgehead atoms. The van der Waals surface area contributed by atoms with Gasteiger partial charge in [-0.25, -0.2) is 0 Å². The third-order valence-electron chi connectivity index (χ3n) is 6.39. The zero-order valence-corrected chi connectivity index (χ0v) is 20.9. The number of nitrogens with zero attached hydrogens (tertiary/aromatic N) is 4. The van der Waals surface area contributed by atoms with Crippen LogP contribution in [0.1, 0.15) is 63.3 Å². The second-order valence-electron chi connectivity index (χ2n) is 8.95. The molecule has 9 nitrogen and oxygen atoms in total. The molecule has 0 spiro atoms. The highest BCUT2D eigenvalue weighted by Crippen LogP contribution is 2.38. The number of hydrogen-bond donors (Lipinski definition) is 1. The lowest BCUT2D eigenvalue weighted by Gasteiger charge is -2.27. The Bertz CT molecular complexity index is 1080. The van der Waals surface area contributed by atoms with Crippen molar-refractivity contribution in [1.82, 2.24) is 14.8 Å². The van der Waals surface area contributed by atoms with E-state index in [-0.39, 0.29) is 22.6 Å². The Morgan fingerprint density at radius 3 is 2.22 bits per heavy atom. The molecule has 3 rings (SSSR count). The fraction of sp³-hybridized carbons (Fsp3) is 0.444. The first-order valence-electron chi connectivity index (χ1n) is 12.6. The first-order valence-corrected chi connectivity index (χ1v) is 12.6. The standard InChI is InChI=1S/C27H34N4O5/c1-3-5-16-29(17-6-4-2)18-9-19-30-24(22-10-7-8-15-28-22)23(26(33)27(30)34)25(32)20-11-13-21(14-12-20)31(35)36/h7-8,10-15,24,32H,3-6,9,16-19H2,1-2H3/t24-/m1/s1. The molecule has 0 saturated carbocycles. The maximum absolute atomic E-state index is 13.1. The average Bonchev–Trinajstić information content (AvgIpc) is 3.15. The number of benzene rings is 1. The summed E-state index contributed by atoms with van der Waals surface area (Å²) in [7, 11) is 0. The molecule has 1 amide bonds. The van der Waals surface area contributed by atoms with Gasteiger partial charge in [0.25, 0.3) is 17.4 Å². The van der Waals surface area contributed by atoms with Gasteiger partial charge in [-0.05, 0) is 63.2 Å². The second kappa shape index (κ2) is 12.9. The highest BCUT2D eigenvalue weighted by molar-refractivity contribution is 6.46. The number of nitro groups is 1. The summed E-state index contributed by atoms with van der Waals surface area (Å²) in [4.78, 5) is 44.9. The molecule has 2 aromatic rings. The van der Waals surface area contributed by atoms with Gasteiger partial charge in [0, 0.05) is 30.4 Å². The molecule has 192 valence electrons. The Morgan fingerprint density at radius 1 is 1.03 bits per heavy atom. The number of aliphatic hydroxyl groups excluding tert-OH is 1. The van der Waals surface area contributed by atoms with E-state index < -0.39 is 22.7 Å². The van der Waals surface area contributed by atoms with Crippen LogP contribution in [0, 0.1) is 10.1 Å². The van der Waals surface area contributed by atoms with Gasteiger partial charge < -0.3 is 14.9 Å². The largest absolute Gasteiger partial charge is 0.507 e. The highest BCUT2D eigenvalue weighted by atomic mass is 16.6. The average molecular weight is 495 g/mol. The third-order valence-corrected chi connectivity index (χ3v) is 6.39. The number of likely N-dealkylation sites (tertiary alicyclic amines) is 1. The second-order valence-corrected chi connectivity index (χ2v) is 8.95. The van der Waals surface area contributed by atoms with Crippen LogP contribution in [0.2, 0.25) is 0 Å². The SMILES string of the molecule is CCCCN(CCCC)CCCN1C(=O)C(=O)C(=C(O)c2ccc([N+](=O)[O-])cc2)[C@H]1c1ccccn1. The smallest absolute Gasteiger partial charge is 0.295 e. The van der Waals surface area contributed by atoms with Gasteiger partial charge in [0.15, 0.2) is 0 Å². The highest BCUT2D eigenvalue weighted by Gasteiger charge is 2.46. The van der Waals surface area contributed by atoms with Crippen molar-refractivity contribution >= 4 is 23.1 Å². The summed E-state index contributed by atoms with van der Waals surface area (Å²) in [5, 5.41) is 22.1. The molecule has 36 heavy (non-hydrogen) atoms. The Labute approximate surface area is 211 Å². The number of ketones is 1. The number of amides is 1. The summed E-state index contributed by atoms with van der Waals surface area (Å²) in [5.74, 6) is -1.83. The molecular weight excluding hydrogens is 460 g/mol. The minimum atomic E-state index is -0.832. The Kier molecular flexibility index (Phi) is 9.69. The minimum Gasteiger partial charge on any atom is -0.507 e. The number of non-ortho nitro benzene ring substituents is 1. The van der Waals surface area contributed by atoms with Crippen LogP contribution in [-0.2, 0) is 9.59 Å². The van der Waals surface area contributed by atoms with Gasteiger partial charge in [-0.2, -0.15) is 0 Å². The number of nitro benzene ring substituents is 1. The molecule has 0 unspecified atom stereocenters. The lowest BCUT2D eigenvalue weighted by atomic mass is 9.98. The van der Waals surface area contributed by atoms with Crippen molar-refractivity contribution < 1.29 is 19.6 Å². The van der Waals surface area contributed by atoms with Crippen LogP contribution < -0.4 is 0 Å². The molecule has 1 aliphatic rings. The van der Waals surface area contributed by atoms with E-state index in [4.69, 9.17) is 0 Å². The van der Waals surface area contributed by atoms with E-state index in [1.54, 1.807) is 24.4 Å². The van der Waals surface area contributed by atoms with Crippen molar-refractivity contribution in [3.63, 3.8) is 0 Å². The predicted octanol–water partition coefficient (Wildman–Crippen LogP) is 4.70. The van der Waals surface area contributed by atoms with Gasteiger partial charge >= 0.3 is 0 Å². The fourth-order valence-electron chi connectivity index (χ4n) is 4.42. The molecule has 1 atom stereocenters. The van der Waals surface area contributed by atoms with E-state index in [0.717, 1.165) is 45.3 Å². The van der Waals surface area contributed by atoms with E-state index in [9.17, 15) is 24.8 Å². The van der Waals surface area contributed by atoms with Crippen molar-refractivity contribution in [2.24, 2.45) is 0 Å². The van der Waals surface area contributed by atoms with E-state index >= 15 is 0 Å². The van der Waals surface area contributed by atoms with Crippen molar-refractivity contribution in [1.29, 1.82) is 0 Å².